The molecule has 0 heterocycles. The number of anilines is 1. The fourth-order valence-electron chi connectivity index (χ4n) is 2.28. The number of aryl methyl sites for hydroxylation is 1. The summed E-state index contributed by atoms with van der Waals surface area (Å²) in [5, 5.41) is 13.6. The molecule has 3 N–H and O–H groups in total. The van der Waals surface area contributed by atoms with Gasteiger partial charge in [0.05, 0.1) is 10.5 Å². The van der Waals surface area contributed by atoms with E-state index < -0.39 is 40.2 Å². The minimum atomic E-state index is -4.74. The smallest absolute Gasteiger partial charge is 0.368 e. The van der Waals surface area contributed by atoms with Crippen LogP contribution in [0, 0.1) is 17.0 Å². The zero-order valence-electron chi connectivity index (χ0n) is 15.3. The first-order valence-electron chi connectivity index (χ1n) is 8.28. The lowest BCUT2D eigenvalue weighted by Gasteiger charge is -2.16. The number of alkyl halides is 3. The van der Waals surface area contributed by atoms with Crippen LogP contribution in [0.4, 0.5) is 24.5 Å². The first-order chi connectivity index (χ1) is 13.5. The fraction of sp³-hybridized carbons (Fsp3) is 0.222. The molecule has 154 valence electrons. The number of nitrogens with one attached hydrogen (secondary N) is 3. The highest BCUT2D eigenvalue weighted by Gasteiger charge is 2.33. The molecule has 2 aromatic carbocycles. The van der Waals surface area contributed by atoms with Crippen LogP contribution in [-0.2, 0) is 11.0 Å². The summed E-state index contributed by atoms with van der Waals surface area (Å²) in [7, 11) is 0. The number of benzene rings is 2. The van der Waals surface area contributed by atoms with Crippen LogP contribution in [0.15, 0.2) is 42.5 Å². The lowest BCUT2D eigenvalue weighted by Crippen LogP contribution is -2.47. The van der Waals surface area contributed by atoms with Crippen LogP contribution < -0.4 is 16.2 Å². The van der Waals surface area contributed by atoms with Crippen molar-refractivity contribution in [3.8, 4) is 0 Å². The SMILES string of the molecule is Cc1ccc(C(=O)NNC(=O)[C@H](C)Nc2ccc(C(F)(F)F)cc2[N+](=O)[O-])cc1. The van der Waals surface area contributed by atoms with E-state index >= 15 is 0 Å². The first kappa shape index (κ1) is 21.7. The van der Waals surface area contributed by atoms with Crippen molar-refractivity contribution in [3.05, 3.63) is 69.3 Å². The van der Waals surface area contributed by atoms with Gasteiger partial charge in [-0.05, 0) is 38.1 Å². The molecule has 0 spiro atoms. The van der Waals surface area contributed by atoms with Gasteiger partial charge in [-0.3, -0.25) is 30.6 Å². The van der Waals surface area contributed by atoms with E-state index in [4.69, 9.17) is 0 Å². The maximum atomic E-state index is 12.7. The van der Waals surface area contributed by atoms with Crippen molar-refractivity contribution in [2.75, 3.05) is 5.32 Å². The summed E-state index contributed by atoms with van der Waals surface area (Å²) in [6, 6.07) is 7.37. The monoisotopic (exact) mass is 410 g/mol. The van der Waals surface area contributed by atoms with Crippen LogP contribution in [0.2, 0.25) is 0 Å². The Kier molecular flexibility index (Phi) is 6.42. The normalized spacial score (nSPS) is 12.0. The van der Waals surface area contributed by atoms with Crippen LogP contribution in [0.25, 0.3) is 0 Å². The average Bonchev–Trinajstić information content (AvgIpc) is 2.65. The molecule has 8 nitrogen and oxygen atoms in total. The van der Waals surface area contributed by atoms with E-state index in [2.05, 4.69) is 16.2 Å². The number of nitro groups is 1. The molecule has 0 aliphatic carbocycles. The van der Waals surface area contributed by atoms with E-state index in [1.54, 1.807) is 24.3 Å². The Balaban J connectivity index is 2.04. The highest BCUT2D eigenvalue weighted by molar-refractivity contribution is 5.96. The fourth-order valence-corrected chi connectivity index (χ4v) is 2.28. The maximum Gasteiger partial charge on any atom is 0.416 e. The van der Waals surface area contributed by atoms with Gasteiger partial charge in [0.2, 0.25) is 0 Å². The van der Waals surface area contributed by atoms with E-state index in [1.165, 1.54) is 6.92 Å². The van der Waals surface area contributed by atoms with Gasteiger partial charge in [-0.25, -0.2) is 0 Å². The van der Waals surface area contributed by atoms with Crippen molar-refractivity contribution in [3.63, 3.8) is 0 Å². The van der Waals surface area contributed by atoms with Gasteiger partial charge in [0.25, 0.3) is 17.5 Å². The largest absolute Gasteiger partial charge is 0.416 e. The number of hydrazine groups is 1. The highest BCUT2D eigenvalue weighted by Crippen LogP contribution is 2.35. The summed E-state index contributed by atoms with van der Waals surface area (Å²) in [4.78, 5) is 34.2. The van der Waals surface area contributed by atoms with Crippen molar-refractivity contribution in [1.82, 2.24) is 10.9 Å². The molecule has 0 saturated carbocycles. The van der Waals surface area contributed by atoms with Crippen molar-refractivity contribution in [1.29, 1.82) is 0 Å². The molecule has 0 unspecified atom stereocenters. The molecule has 2 rings (SSSR count). The number of amides is 2. The molecule has 0 aromatic heterocycles. The third-order valence-electron chi connectivity index (χ3n) is 3.90. The standard InChI is InChI=1S/C18H17F3N4O4/c1-10-3-5-12(6-4-10)17(27)24-23-16(26)11(2)22-14-8-7-13(18(19,20)21)9-15(14)25(28)29/h3-9,11,22H,1-2H3,(H,23,26)(H,24,27)/t11-/m0/s1. The zero-order chi connectivity index (χ0) is 21.8. The quantitative estimate of drug-likeness (QED) is 0.518. The molecule has 0 saturated heterocycles. The Hall–Kier alpha value is -3.63. The predicted molar refractivity (Wildman–Crippen MR) is 98.0 cm³/mol. The Morgan fingerprint density at radius 1 is 1.07 bits per heavy atom. The molecule has 1 atom stereocenters. The van der Waals surface area contributed by atoms with E-state index in [0.29, 0.717) is 17.7 Å². The van der Waals surface area contributed by atoms with Crippen LogP contribution in [0.1, 0.15) is 28.4 Å². The second-order valence-corrected chi connectivity index (χ2v) is 6.16. The third kappa shape index (κ3) is 5.67. The van der Waals surface area contributed by atoms with Gasteiger partial charge in [0, 0.05) is 11.6 Å². The number of hydrogen-bond donors (Lipinski definition) is 3. The lowest BCUT2D eigenvalue weighted by molar-refractivity contribution is -0.384. The lowest BCUT2D eigenvalue weighted by atomic mass is 10.1. The minimum absolute atomic E-state index is 0.268. The number of carbonyl (C=O) groups excluding carboxylic acids is 2. The summed E-state index contributed by atoms with van der Waals surface area (Å²) in [5.41, 5.74) is 3.30. The van der Waals surface area contributed by atoms with Crippen LogP contribution in [-0.4, -0.2) is 22.8 Å². The average molecular weight is 410 g/mol. The molecule has 0 fully saturated rings. The molecule has 11 heteroatoms. The van der Waals surface area contributed by atoms with Crippen LogP contribution in [0.5, 0.6) is 0 Å². The van der Waals surface area contributed by atoms with E-state index in [9.17, 15) is 32.9 Å². The Labute approximate surface area is 163 Å². The van der Waals surface area contributed by atoms with E-state index in [1.807, 2.05) is 6.92 Å². The van der Waals surface area contributed by atoms with Crippen molar-refractivity contribution < 1.29 is 27.7 Å². The van der Waals surface area contributed by atoms with Gasteiger partial charge in [0.15, 0.2) is 0 Å². The van der Waals surface area contributed by atoms with Crippen LogP contribution >= 0.6 is 0 Å². The first-order valence-corrected chi connectivity index (χ1v) is 8.28. The molecular formula is C18H17F3N4O4. The summed E-state index contributed by atoms with van der Waals surface area (Å²) in [6.07, 6.45) is -4.74. The molecule has 2 amide bonds. The van der Waals surface area contributed by atoms with Crippen LogP contribution in [0.3, 0.4) is 0 Å². The van der Waals surface area contributed by atoms with Gasteiger partial charge in [-0.15, -0.1) is 0 Å². The van der Waals surface area contributed by atoms with Gasteiger partial charge >= 0.3 is 6.18 Å². The van der Waals surface area contributed by atoms with Gasteiger partial charge < -0.3 is 5.32 Å². The van der Waals surface area contributed by atoms with Gasteiger partial charge in [0.1, 0.15) is 11.7 Å². The summed E-state index contributed by atoms with van der Waals surface area (Å²) in [5.74, 6) is -1.33. The summed E-state index contributed by atoms with van der Waals surface area (Å²) < 4.78 is 38.2. The topological polar surface area (TPSA) is 113 Å². The Bertz CT molecular complexity index is 930. The van der Waals surface area contributed by atoms with Crippen molar-refractivity contribution in [2.24, 2.45) is 0 Å². The molecular weight excluding hydrogens is 393 g/mol. The molecule has 2 aromatic rings. The second-order valence-electron chi connectivity index (χ2n) is 6.16. The highest BCUT2D eigenvalue weighted by atomic mass is 19.4. The van der Waals surface area contributed by atoms with Crippen molar-refractivity contribution >= 4 is 23.2 Å². The van der Waals surface area contributed by atoms with E-state index in [0.717, 1.165) is 11.6 Å². The summed E-state index contributed by atoms with van der Waals surface area (Å²) in [6.45, 7) is 3.17. The predicted octanol–water partition coefficient (Wildman–Crippen LogP) is 3.18. The number of carbonyl (C=O) groups is 2. The maximum absolute atomic E-state index is 12.7. The number of rotatable bonds is 5. The van der Waals surface area contributed by atoms with E-state index in [-0.39, 0.29) is 5.69 Å². The molecule has 29 heavy (non-hydrogen) atoms. The number of nitro benzene ring substituents is 1. The van der Waals surface area contributed by atoms with Crippen molar-refractivity contribution in [2.45, 2.75) is 26.1 Å². The minimum Gasteiger partial charge on any atom is -0.368 e. The second kappa shape index (κ2) is 8.59. The zero-order valence-corrected chi connectivity index (χ0v) is 15.3. The third-order valence-corrected chi connectivity index (χ3v) is 3.90. The Morgan fingerprint density at radius 3 is 2.24 bits per heavy atom. The number of halogens is 3. The molecule has 0 aliphatic heterocycles. The van der Waals surface area contributed by atoms with Gasteiger partial charge in [-0.2, -0.15) is 13.2 Å². The summed E-state index contributed by atoms with van der Waals surface area (Å²) >= 11 is 0. The molecule has 0 radical (unpaired) electrons. The molecule has 0 aliphatic rings. The molecule has 0 bridgehead atoms. The Morgan fingerprint density at radius 2 is 1.69 bits per heavy atom. The number of nitrogens with zero attached hydrogens (tertiary/aromatic N) is 1. The number of hydrogen-bond acceptors (Lipinski definition) is 5. The van der Waals surface area contributed by atoms with Gasteiger partial charge in [-0.1, -0.05) is 17.7 Å².